The molecular formula is C16H24N2O2. The largest absolute Gasteiger partial charge is 0.449 e. The smallest absolute Gasteiger partial charge is 0.193 e. The van der Waals surface area contributed by atoms with E-state index in [4.69, 9.17) is 8.83 Å². The summed E-state index contributed by atoms with van der Waals surface area (Å²) in [5.74, 6) is 1.74. The number of hydrogen-bond donors (Lipinski definition) is 0. The van der Waals surface area contributed by atoms with Crippen LogP contribution in [0.2, 0.25) is 0 Å². The maximum atomic E-state index is 5.21. The number of unbranched alkanes of at least 4 members (excludes halogenated alkanes) is 7. The van der Waals surface area contributed by atoms with Crippen LogP contribution in [0.5, 0.6) is 0 Å². The van der Waals surface area contributed by atoms with Crippen LogP contribution in [0.4, 0.5) is 0 Å². The van der Waals surface area contributed by atoms with Gasteiger partial charge in [-0.05, 0) is 12.8 Å². The highest BCUT2D eigenvalue weighted by atomic mass is 16.3. The van der Waals surface area contributed by atoms with Crippen LogP contribution >= 0.6 is 0 Å². The Morgan fingerprint density at radius 3 is 1.35 bits per heavy atom. The highest BCUT2D eigenvalue weighted by Gasteiger charge is 1.99. The zero-order chi connectivity index (χ0) is 13.9. The Morgan fingerprint density at radius 2 is 1.00 bits per heavy atom. The molecule has 0 aliphatic heterocycles. The third-order valence-corrected chi connectivity index (χ3v) is 3.50. The second kappa shape index (κ2) is 9.34. The standard InChI is InChI=1S/C16H24N2O2/c1(3-5-7-9-15-17-11-13-19-15)2-4-6-8-10-16-18-12-14-20-16/h11-14H,1-10H2. The second-order valence-corrected chi connectivity index (χ2v) is 5.18. The van der Waals surface area contributed by atoms with E-state index in [0.29, 0.717) is 0 Å². The Kier molecular flexibility index (Phi) is 6.92. The molecule has 4 heteroatoms. The summed E-state index contributed by atoms with van der Waals surface area (Å²) in [7, 11) is 0. The first-order valence-electron chi connectivity index (χ1n) is 7.72. The predicted molar refractivity (Wildman–Crippen MR) is 77.4 cm³/mol. The van der Waals surface area contributed by atoms with Crippen LogP contribution in [-0.2, 0) is 12.8 Å². The zero-order valence-corrected chi connectivity index (χ0v) is 12.1. The molecule has 4 nitrogen and oxygen atoms in total. The molecule has 0 unspecified atom stereocenters. The number of nitrogens with zero attached hydrogens (tertiary/aromatic N) is 2. The van der Waals surface area contributed by atoms with E-state index in [-0.39, 0.29) is 0 Å². The fourth-order valence-corrected chi connectivity index (χ4v) is 2.37. The first-order valence-corrected chi connectivity index (χ1v) is 7.72. The quantitative estimate of drug-likeness (QED) is 0.564. The summed E-state index contributed by atoms with van der Waals surface area (Å²) in [6, 6.07) is 0. The fourth-order valence-electron chi connectivity index (χ4n) is 2.37. The number of rotatable bonds is 11. The van der Waals surface area contributed by atoms with E-state index >= 15 is 0 Å². The normalized spacial score (nSPS) is 11.0. The van der Waals surface area contributed by atoms with Crippen LogP contribution in [0, 0.1) is 0 Å². The van der Waals surface area contributed by atoms with Crippen molar-refractivity contribution in [2.75, 3.05) is 0 Å². The van der Waals surface area contributed by atoms with Gasteiger partial charge >= 0.3 is 0 Å². The summed E-state index contributed by atoms with van der Waals surface area (Å²) < 4.78 is 10.4. The summed E-state index contributed by atoms with van der Waals surface area (Å²) in [5.41, 5.74) is 0. The average Bonchev–Trinajstić information content (AvgIpc) is 3.14. The van der Waals surface area contributed by atoms with Crippen molar-refractivity contribution in [1.29, 1.82) is 0 Å². The molecule has 2 aromatic heterocycles. The highest BCUT2D eigenvalue weighted by molar-refractivity contribution is 4.80. The van der Waals surface area contributed by atoms with Gasteiger partial charge in [-0.2, -0.15) is 0 Å². The molecule has 110 valence electrons. The number of aryl methyl sites for hydroxylation is 2. The lowest BCUT2D eigenvalue weighted by molar-refractivity contribution is 0.470. The highest BCUT2D eigenvalue weighted by Crippen LogP contribution is 2.11. The Morgan fingerprint density at radius 1 is 0.600 bits per heavy atom. The molecule has 0 saturated carbocycles. The van der Waals surface area contributed by atoms with Crippen LogP contribution in [0.1, 0.15) is 63.1 Å². The van der Waals surface area contributed by atoms with Crippen LogP contribution in [0.3, 0.4) is 0 Å². The first-order chi connectivity index (χ1) is 9.95. The van der Waals surface area contributed by atoms with Gasteiger partial charge in [0.05, 0.1) is 12.4 Å². The van der Waals surface area contributed by atoms with Crippen LogP contribution in [0.25, 0.3) is 0 Å². The molecule has 0 atom stereocenters. The van der Waals surface area contributed by atoms with Crippen molar-refractivity contribution in [2.45, 2.75) is 64.2 Å². The van der Waals surface area contributed by atoms with Crippen molar-refractivity contribution in [1.82, 2.24) is 9.97 Å². The molecule has 0 bridgehead atoms. The molecule has 0 radical (unpaired) electrons. The third kappa shape index (κ3) is 6.04. The van der Waals surface area contributed by atoms with Gasteiger partial charge in [0.15, 0.2) is 11.8 Å². The summed E-state index contributed by atoms with van der Waals surface area (Å²) in [5, 5.41) is 0. The fraction of sp³-hybridized carbons (Fsp3) is 0.625. The van der Waals surface area contributed by atoms with E-state index < -0.39 is 0 Å². The van der Waals surface area contributed by atoms with Gasteiger partial charge in [-0.3, -0.25) is 0 Å². The van der Waals surface area contributed by atoms with E-state index in [1.165, 1.54) is 51.4 Å². The lowest BCUT2D eigenvalue weighted by Gasteiger charge is -2.01. The van der Waals surface area contributed by atoms with Gasteiger partial charge in [0.2, 0.25) is 0 Å². The van der Waals surface area contributed by atoms with Crippen molar-refractivity contribution >= 4 is 0 Å². The van der Waals surface area contributed by atoms with Gasteiger partial charge in [0.25, 0.3) is 0 Å². The average molecular weight is 276 g/mol. The second-order valence-electron chi connectivity index (χ2n) is 5.18. The Hall–Kier alpha value is -1.58. The minimum Gasteiger partial charge on any atom is -0.449 e. The van der Waals surface area contributed by atoms with Crippen molar-refractivity contribution in [3.63, 3.8) is 0 Å². The monoisotopic (exact) mass is 276 g/mol. The SMILES string of the molecule is c1coc(CCCCCCCCCCc2ncco2)n1. The molecule has 0 aliphatic rings. The summed E-state index contributed by atoms with van der Waals surface area (Å²) in [4.78, 5) is 8.25. The molecule has 2 heterocycles. The minimum absolute atomic E-state index is 0.872. The molecule has 0 N–H and O–H groups in total. The third-order valence-electron chi connectivity index (χ3n) is 3.50. The Bertz CT molecular complexity index is 381. The van der Waals surface area contributed by atoms with Gasteiger partial charge in [0, 0.05) is 12.8 Å². The van der Waals surface area contributed by atoms with Crippen LogP contribution in [-0.4, -0.2) is 9.97 Å². The van der Waals surface area contributed by atoms with E-state index in [1.807, 2.05) is 0 Å². The van der Waals surface area contributed by atoms with Crippen LogP contribution < -0.4 is 0 Å². The minimum atomic E-state index is 0.872. The maximum Gasteiger partial charge on any atom is 0.193 e. The molecule has 0 amide bonds. The van der Waals surface area contributed by atoms with Gasteiger partial charge < -0.3 is 8.83 Å². The summed E-state index contributed by atoms with van der Waals surface area (Å²) in [6.07, 6.45) is 18.9. The molecule has 0 saturated heterocycles. The maximum absolute atomic E-state index is 5.21. The van der Waals surface area contributed by atoms with E-state index in [1.54, 1.807) is 24.9 Å². The van der Waals surface area contributed by atoms with Gasteiger partial charge in [-0.25, -0.2) is 9.97 Å². The molecule has 20 heavy (non-hydrogen) atoms. The molecule has 0 spiro atoms. The van der Waals surface area contributed by atoms with E-state index in [9.17, 15) is 0 Å². The first kappa shape index (κ1) is 14.8. The molecule has 0 aliphatic carbocycles. The van der Waals surface area contributed by atoms with Crippen molar-refractivity contribution in [3.05, 3.63) is 36.7 Å². The van der Waals surface area contributed by atoms with E-state index in [2.05, 4.69) is 9.97 Å². The van der Waals surface area contributed by atoms with Gasteiger partial charge in [-0.15, -0.1) is 0 Å². The zero-order valence-electron chi connectivity index (χ0n) is 12.1. The summed E-state index contributed by atoms with van der Waals surface area (Å²) in [6.45, 7) is 0. The molecular weight excluding hydrogens is 252 g/mol. The van der Waals surface area contributed by atoms with Crippen molar-refractivity contribution in [2.24, 2.45) is 0 Å². The van der Waals surface area contributed by atoms with E-state index in [0.717, 1.165) is 24.6 Å². The lowest BCUT2D eigenvalue weighted by atomic mass is 10.1. The predicted octanol–water partition coefficient (Wildman–Crippen LogP) is 4.57. The lowest BCUT2D eigenvalue weighted by Crippen LogP contribution is -1.87. The number of aromatic nitrogens is 2. The van der Waals surface area contributed by atoms with Crippen molar-refractivity contribution < 1.29 is 8.83 Å². The topological polar surface area (TPSA) is 52.1 Å². The van der Waals surface area contributed by atoms with Gasteiger partial charge in [-0.1, -0.05) is 38.5 Å². The molecule has 2 aromatic rings. The molecule has 0 fully saturated rings. The Balaban J connectivity index is 1.33. The van der Waals surface area contributed by atoms with Crippen molar-refractivity contribution in [3.8, 4) is 0 Å². The number of oxazole rings is 2. The summed E-state index contributed by atoms with van der Waals surface area (Å²) >= 11 is 0. The van der Waals surface area contributed by atoms with Gasteiger partial charge in [0.1, 0.15) is 12.5 Å². The van der Waals surface area contributed by atoms with Crippen LogP contribution in [0.15, 0.2) is 33.8 Å². The Labute approximate surface area is 120 Å². The molecule has 0 aromatic carbocycles. The molecule has 2 rings (SSSR count). The number of hydrogen-bond acceptors (Lipinski definition) is 4.